The summed E-state index contributed by atoms with van der Waals surface area (Å²) in [5.74, 6) is 0.226. The first-order valence-electron chi connectivity index (χ1n) is 13.4. The van der Waals surface area contributed by atoms with Crippen molar-refractivity contribution in [3.8, 4) is 22.9 Å². The van der Waals surface area contributed by atoms with E-state index in [2.05, 4.69) is 30.5 Å². The Hall–Kier alpha value is -4.42. The summed E-state index contributed by atoms with van der Waals surface area (Å²) in [6.07, 6.45) is -0.632. The average Bonchev–Trinajstić information content (AvgIpc) is 3.49. The lowest BCUT2D eigenvalue weighted by Gasteiger charge is -2.24. The summed E-state index contributed by atoms with van der Waals surface area (Å²) in [5.41, 5.74) is 0.728. The van der Waals surface area contributed by atoms with Crippen molar-refractivity contribution in [2.24, 2.45) is 0 Å². The van der Waals surface area contributed by atoms with Gasteiger partial charge in [0.1, 0.15) is 5.75 Å². The molecule has 43 heavy (non-hydrogen) atoms. The van der Waals surface area contributed by atoms with Gasteiger partial charge in [-0.2, -0.15) is 13.2 Å². The van der Waals surface area contributed by atoms with Crippen molar-refractivity contribution in [1.29, 1.82) is 0 Å². The highest BCUT2D eigenvalue weighted by atomic mass is 35.5. The maximum absolute atomic E-state index is 13.6. The Kier molecular flexibility index (Phi) is 8.69. The van der Waals surface area contributed by atoms with Crippen molar-refractivity contribution in [3.05, 3.63) is 83.1 Å². The number of alkyl halides is 3. The lowest BCUT2D eigenvalue weighted by molar-refractivity contribution is -0.137. The van der Waals surface area contributed by atoms with E-state index in [4.69, 9.17) is 16.3 Å². The standard InChI is InChI=1S/C30H29ClF3N7O2/c1-35-29-37-13-10-24(39-29)21-5-4-12-36-28(21)43-20-7-8-23(31)25(16-20)38-27(42)22-15-18(30(32,33)34)6-9-26(22)41-14-11-19(17-41)40(2)3/h4-10,12-13,15-16,19H,11,14,17H2,1-3H3,(H,38,42)(H,35,37,39)/t19-/m1/s1. The molecule has 2 N–H and O–H groups in total. The third kappa shape index (κ3) is 6.81. The number of carbonyl (C=O) groups excluding carboxylic acids is 1. The Labute approximate surface area is 251 Å². The van der Waals surface area contributed by atoms with Gasteiger partial charge in [0.05, 0.1) is 33.1 Å². The first-order valence-corrected chi connectivity index (χ1v) is 13.8. The molecular formula is C30H29ClF3N7O2. The Balaban J connectivity index is 1.44. The Morgan fingerprint density at radius 2 is 1.91 bits per heavy atom. The average molecular weight is 612 g/mol. The zero-order chi connectivity index (χ0) is 30.7. The number of rotatable bonds is 8. The van der Waals surface area contributed by atoms with Gasteiger partial charge in [-0.1, -0.05) is 11.6 Å². The molecule has 3 heterocycles. The fraction of sp³-hybridized carbons (Fsp3) is 0.267. The number of carbonyl (C=O) groups is 1. The third-order valence-corrected chi connectivity index (χ3v) is 7.46. The topological polar surface area (TPSA) is 95.5 Å². The Bertz CT molecular complexity index is 1630. The molecule has 1 aliphatic rings. The highest BCUT2D eigenvalue weighted by Crippen LogP contribution is 2.37. The molecule has 1 saturated heterocycles. The summed E-state index contributed by atoms with van der Waals surface area (Å²) in [4.78, 5) is 30.5. The number of nitrogens with zero attached hydrogens (tertiary/aromatic N) is 5. The van der Waals surface area contributed by atoms with Crippen LogP contribution in [-0.2, 0) is 6.18 Å². The summed E-state index contributed by atoms with van der Waals surface area (Å²) < 4.78 is 47.0. The molecule has 0 saturated carbocycles. The van der Waals surface area contributed by atoms with Gasteiger partial charge in [0.15, 0.2) is 0 Å². The molecular weight excluding hydrogens is 583 g/mol. The summed E-state index contributed by atoms with van der Waals surface area (Å²) in [6, 6.07) is 13.3. The van der Waals surface area contributed by atoms with E-state index in [9.17, 15) is 18.0 Å². The van der Waals surface area contributed by atoms with Crippen molar-refractivity contribution in [2.45, 2.75) is 18.6 Å². The van der Waals surface area contributed by atoms with Crippen LogP contribution in [0.3, 0.4) is 0 Å². The highest BCUT2D eigenvalue weighted by Gasteiger charge is 2.34. The second kappa shape index (κ2) is 12.4. The van der Waals surface area contributed by atoms with Gasteiger partial charge in [-0.05, 0) is 69.0 Å². The van der Waals surface area contributed by atoms with Gasteiger partial charge < -0.3 is 25.2 Å². The molecule has 0 bridgehead atoms. The minimum atomic E-state index is -4.62. The number of ether oxygens (including phenoxy) is 1. The summed E-state index contributed by atoms with van der Waals surface area (Å²) in [6.45, 7) is 1.18. The second-order valence-corrected chi connectivity index (χ2v) is 10.6. The van der Waals surface area contributed by atoms with Gasteiger partial charge in [-0.3, -0.25) is 4.79 Å². The Morgan fingerprint density at radius 3 is 2.63 bits per heavy atom. The zero-order valence-electron chi connectivity index (χ0n) is 23.6. The van der Waals surface area contributed by atoms with Crippen LogP contribution in [0.4, 0.5) is 30.5 Å². The number of aromatic nitrogens is 3. The third-order valence-electron chi connectivity index (χ3n) is 7.13. The molecule has 1 atom stereocenters. The largest absolute Gasteiger partial charge is 0.438 e. The van der Waals surface area contributed by atoms with E-state index in [1.165, 1.54) is 18.2 Å². The quantitative estimate of drug-likeness (QED) is 0.235. The van der Waals surface area contributed by atoms with Crippen LogP contribution in [0.5, 0.6) is 11.6 Å². The van der Waals surface area contributed by atoms with Crippen molar-refractivity contribution in [2.75, 3.05) is 49.8 Å². The van der Waals surface area contributed by atoms with Gasteiger partial charge in [0, 0.05) is 50.3 Å². The van der Waals surface area contributed by atoms with Crippen molar-refractivity contribution in [1.82, 2.24) is 19.9 Å². The second-order valence-electron chi connectivity index (χ2n) is 10.2. The number of nitrogens with one attached hydrogen (secondary N) is 2. The van der Waals surface area contributed by atoms with E-state index < -0.39 is 17.6 Å². The number of benzene rings is 2. The van der Waals surface area contributed by atoms with E-state index in [1.54, 1.807) is 43.7 Å². The van der Waals surface area contributed by atoms with Gasteiger partial charge in [-0.25, -0.2) is 15.0 Å². The summed E-state index contributed by atoms with van der Waals surface area (Å²) in [5, 5.41) is 5.75. The van der Waals surface area contributed by atoms with E-state index in [-0.39, 0.29) is 28.2 Å². The monoisotopic (exact) mass is 611 g/mol. The molecule has 2 aromatic carbocycles. The predicted molar refractivity (Wildman–Crippen MR) is 160 cm³/mol. The molecule has 1 amide bonds. The van der Waals surface area contributed by atoms with Crippen LogP contribution in [0, 0.1) is 0 Å². The highest BCUT2D eigenvalue weighted by molar-refractivity contribution is 6.34. The lowest BCUT2D eigenvalue weighted by Crippen LogP contribution is -2.32. The molecule has 2 aromatic heterocycles. The molecule has 0 aliphatic carbocycles. The van der Waals surface area contributed by atoms with Crippen LogP contribution in [0.2, 0.25) is 5.02 Å². The Morgan fingerprint density at radius 1 is 1.09 bits per heavy atom. The number of likely N-dealkylation sites (N-methyl/N-ethyl adjacent to an activating group) is 1. The normalized spacial score (nSPS) is 15.1. The van der Waals surface area contributed by atoms with Gasteiger partial charge in [-0.15, -0.1) is 0 Å². The zero-order valence-corrected chi connectivity index (χ0v) is 24.4. The van der Waals surface area contributed by atoms with Crippen molar-refractivity contribution < 1.29 is 22.7 Å². The van der Waals surface area contributed by atoms with Crippen LogP contribution in [-0.4, -0.2) is 66.0 Å². The predicted octanol–water partition coefficient (Wildman–Crippen LogP) is 6.44. The molecule has 0 radical (unpaired) electrons. The number of anilines is 3. The maximum Gasteiger partial charge on any atom is 0.416 e. The molecule has 1 aliphatic heterocycles. The van der Waals surface area contributed by atoms with Crippen LogP contribution >= 0.6 is 11.6 Å². The number of hydrogen-bond acceptors (Lipinski definition) is 8. The van der Waals surface area contributed by atoms with E-state index >= 15 is 0 Å². The number of halogens is 4. The van der Waals surface area contributed by atoms with Crippen molar-refractivity contribution in [3.63, 3.8) is 0 Å². The van der Waals surface area contributed by atoms with Crippen LogP contribution in [0.1, 0.15) is 22.3 Å². The molecule has 0 unspecified atom stereocenters. The number of hydrogen-bond donors (Lipinski definition) is 2. The SMILES string of the molecule is CNc1nccc(-c2cccnc2Oc2ccc(Cl)c(NC(=O)c3cc(C(F)(F)F)ccc3N3CC[C@@H](N(C)C)C3)c2)n1. The van der Waals surface area contributed by atoms with Gasteiger partial charge >= 0.3 is 6.18 Å². The van der Waals surface area contributed by atoms with Gasteiger partial charge in [0.25, 0.3) is 5.91 Å². The lowest BCUT2D eigenvalue weighted by atomic mass is 10.1. The van der Waals surface area contributed by atoms with Gasteiger partial charge in [0.2, 0.25) is 11.8 Å². The summed E-state index contributed by atoms with van der Waals surface area (Å²) >= 11 is 6.41. The molecule has 4 aromatic rings. The van der Waals surface area contributed by atoms with Crippen LogP contribution in [0.25, 0.3) is 11.3 Å². The van der Waals surface area contributed by atoms with E-state index in [0.717, 1.165) is 18.6 Å². The fourth-order valence-electron chi connectivity index (χ4n) is 4.81. The molecule has 9 nitrogen and oxygen atoms in total. The maximum atomic E-state index is 13.6. The van der Waals surface area contributed by atoms with Crippen molar-refractivity contribution >= 4 is 34.8 Å². The molecule has 13 heteroatoms. The molecule has 224 valence electrons. The number of amides is 1. The summed E-state index contributed by atoms with van der Waals surface area (Å²) in [7, 11) is 5.61. The van der Waals surface area contributed by atoms with E-state index in [0.29, 0.717) is 41.7 Å². The molecule has 5 rings (SSSR count). The number of pyridine rings is 1. The van der Waals surface area contributed by atoms with Crippen LogP contribution in [0.15, 0.2) is 67.0 Å². The van der Waals surface area contributed by atoms with Crippen LogP contribution < -0.4 is 20.3 Å². The fourth-order valence-corrected chi connectivity index (χ4v) is 4.98. The first kappa shape index (κ1) is 30.1. The first-order chi connectivity index (χ1) is 20.5. The minimum absolute atomic E-state index is 0.104. The molecule has 1 fully saturated rings. The van der Waals surface area contributed by atoms with E-state index in [1.807, 2.05) is 19.0 Å². The smallest absolute Gasteiger partial charge is 0.416 e. The molecule has 0 spiro atoms. The minimum Gasteiger partial charge on any atom is -0.438 e.